The monoisotopic (exact) mass is 222 g/mol. The standard InChI is InChI=1S/C13H18O3/c1-9(2)12-8-15-13(16-12)10-6-4-5-7-11(10)14-3/h4-7,9,12-13H,8H2,1-3H3. The van der Waals surface area contributed by atoms with Crippen LogP contribution >= 0.6 is 0 Å². The van der Waals surface area contributed by atoms with Crippen molar-refractivity contribution >= 4 is 0 Å². The predicted octanol–water partition coefficient (Wildman–Crippen LogP) is 2.77. The van der Waals surface area contributed by atoms with Gasteiger partial charge in [0, 0.05) is 5.56 Å². The molecule has 88 valence electrons. The first-order valence-electron chi connectivity index (χ1n) is 5.62. The Hall–Kier alpha value is -1.06. The average molecular weight is 222 g/mol. The zero-order chi connectivity index (χ0) is 11.5. The molecule has 0 bridgehead atoms. The lowest BCUT2D eigenvalue weighted by molar-refractivity contribution is -0.0681. The molecule has 0 spiro atoms. The summed E-state index contributed by atoms with van der Waals surface area (Å²) in [6, 6.07) is 7.81. The molecule has 1 fully saturated rings. The molecule has 1 aromatic carbocycles. The minimum absolute atomic E-state index is 0.176. The Morgan fingerprint density at radius 1 is 1.31 bits per heavy atom. The Labute approximate surface area is 96.3 Å². The van der Waals surface area contributed by atoms with Crippen molar-refractivity contribution in [3.8, 4) is 5.75 Å². The minimum atomic E-state index is -0.288. The van der Waals surface area contributed by atoms with E-state index in [0.29, 0.717) is 12.5 Å². The highest BCUT2D eigenvalue weighted by Crippen LogP contribution is 2.34. The Morgan fingerprint density at radius 2 is 2.06 bits per heavy atom. The van der Waals surface area contributed by atoms with E-state index >= 15 is 0 Å². The van der Waals surface area contributed by atoms with E-state index in [0.717, 1.165) is 11.3 Å². The van der Waals surface area contributed by atoms with Crippen LogP contribution in [-0.4, -0.2) is 19.8 Å². The van der Waals surface area contributed by atoms with Gasteiger partial charge in [0.25, 0.3) is 0 Å². The molecule has 0 saturated carbocycles. The van der Waals surface area contributed by atoms with Crippen molar-refractivity contribution in [2.24, 2.45) is 5.92 Å². The lowest BCUT2D eigenvalue weighted by Gasteiger charge is -2.16. The van der Waals surface area contributed by atoms with Gasteiger partial charge in [0.15, 0.2) is 6.29 Å². The maximum Gasteiger partial charge on any atom is 0.187 e. The second-order valence-corrected chi connectivity index (χ2v) is 4.33. The number of hydrogen-bond donors (Lipinski definition) is 0. The van der Waals surface area contributed by atoms with Crippen molar-refractivity contribution in [3.63, 3.8) is 0 Å². The first kappa shape index (κ1) is 11.4. The van der Waals surface area contributed by atoms with Crippen molar-refractivity contribution in [2.75, 3.05) is 13.7 Å². The highest BCUT2D eigenvalue weighted by molar-refractivity contribution is 5.34. The number of rotatable bonds is 3. The molecule has 0 aromatic heterocycles. The van der Waals surface area contributed by atoms with Crippen molar-refractivity contribution in [3.05, 3.63) is 29.8 Å². The largest absolute Gasteiger partial charge is 0.496 e. The van der Waals surface area contributed by atoms with E-state index < -0.39 is 0 Å². The van der Waals surface area contributed by atoms with Gasteiger partial charge in [-0.15, -0.1) is 0 Å². The van der Waals surface area contributed by atoms with Crippen molar-refractivity contribution in [2.45, 2.75) is 26.2 Å². The Morgan fingerprint density at radius 3 is 2.69 bits per heavy atom. The molecule has 3 heteroatoms. The van der Waals surface area contributed by atoms with Crippen LogP contribution in [0.15, 0.2) is 24.3 Å². The molecule has 1 heterocycles. The van der Waals surface area contributed by atoms with Gasteiger partial charge in [-0.2, -0.15) is 0 Å². The third-order valence-corrected chi connectivity index (χ3v) is 2.85. The molecule has 3 nitrogen and oxygen atoms in total. The van der Waals surface area contributed by atoms with E-state index in [4.69, 9.17) is 14.2 Å². The molecule has 0 aliphatic carbocycles. The predicted molar refractivity (Wildman–Crippen MR) is 61.4 cm³/mol. The van der Waals surface area contributed by atoms with Crippen LogP contribution in [0.4, 0.5) is 0 Å². The molecule has 1 aliphatic heterocycles. The van der Waals surface area contributed by atoms with Gasteiger partial charge in [-0.1, -0.05) is 32.0 Å². The van der Waals surface area contributed by atoms with Gasteiger partial charge in [0.2, 0.25) is 0 Å². The summed E-state index contributed by atoms with van der Waals surface area (Å²) in [5.74, 6) is 1.29. The van der Waals surface area contributed by atoms with Gasteiger partial charge >= 0.3 is 0 Å². The van der Waals surface area contributed by atoms with Gasteiger partial charge in [-0.3, -0.25) is 0 Å². The van der Waals surface area contributed by atoms with Crippen LogP contribution in [0.2, 0.25) is 0 Å². The summed E-state index contributed by atoms with van der Waals surface area (Å²) in [4.78, 5) is 0. The maximum atomic E-state index is 5.85. The van der Waals surface area contributed by atoms with E-state index in [1.54, 1.807) is 7.11 Å². The van der Waals surface area contributed by atoms with E-state index in [2.05, 4.69) is 13.8 Å². The summed E-state index contributed by atoms with van der Waals surface area (Å²) < 4.78 is 16.8. The summed E-state index contributed by atoms with van der Waals surface area (Å²) in [6.07, 6.45) is -0.113. The molecular formula is C13H18O3. The molecule has 1 aliphatic rings. The first-order valence-corrected chi connectivity index (χ1v) is 5.62. The third-order valence-electron chi connectivity index (χ3n) is 2.85. The Bertz CT molecular complexity index is 349. The van der Waals surface area contributed by atoms with E-state index in [1.165, 1.54) is 0 Å². The van der Waals surface area contributed by atoms with Crippen LogP contribution in [0.1, 0.15) is 25.7 Å². The maximum absolute atomic E-state index is 5.85. The van der Waals surface area contributed by atoms with Crippen LogP contribution in [0.5, 0.6) is 5.75 Å². The molecule has 0 N–H and O–H groups in total. The van der Waals surface area contributed by atoms with Crippen LogP contribution < -0.4 is 4.74 Å². The minimum Gasteiger partial charge on any atom is -0.496 e. The van der Waals surface area contributed by atoms with Gasteiger partial charge in [-0.05, 0) is 12.0 Å². The van der Waals surface area contributed by atoms with E-state index in [1.807, 2.05) is 24.3 Å². The van der Waals surface area contributed by atoms with Crippen molar-refractivity contribution in [1.29, 1.82) is 0 Å². The van der Waals surface area contributed by atoms with Gasteiger partial charge < -0.3 is 14.2 Å². The van der Waals surface area contributed by atoms with Crippen LogP contribution in [0.25, 0.3) is 0 Å². The fourth-order valence-corrected chi connectivity index (χ4v) is 1.79. The molecular weight excluding hydrogens is 204 g/mol. The topological polar surface area (TPSA) is 27.7 Å². The first-order chi connectivity index (χ1) is 7.72. The summed E-state index contributed by atoms with van der Waals surface area (Å²) >= 11 is 0. The van der Waals surface area contributed by atoms with Crippen LogP contribution in [0, 0.1) is 5.92 Å². The summed E-state index contributed by atoms with van der Waals surface area (Å²) in [7, 11) is 1.66. The van der Waals surface area contributed by atoms with E-state index in [9.17, 15) is 0 Å². The van der Waals surface area contributed by atoms with Gasteiger partial charge in [0.05, 0.1) is 19.8 Å². The fourth-order valence-electron chi connectivity index (χ4n) is 1.79. The molecule has 0 amide bonds. The van der Waals surface area contributed by atoms with E-state index in [-0.39, 0.29) is 12.4 Å². The second-order valence-electron chi connectivity index (χ2n) is 4.33. The van der Waals surface area contributed by atoms with Gasteiger partial charge in [0.1, 0.15) is 5.75 Å². The second kappa shape index (κ2) is 4.85. The van der Waals surface area contributed by atoms with Crippen molar-refractivity contribution in [1.82, 2.24) is 0 Å². The lowest BCUT2D eigenvalue weighted by Crippen LogP contribution is -2.17. The molecule has 2 unspecified atom stereocenters. The normalized spacial score (nSPS) is 25.0. The quantitative estimate of drug-likeness (QED) is 0.787. The zero-order valence-corrected chi connectivity index (χ0v) is 9.97. The van der Waals surface area contributed by atoms with Crippen molar-refractivity contribution < 1.29 is 14.2 Å². The number of ether oxygens (including phenoxy) is 3. The third kappa shape index (κ3) is 2.20. The number of para-hydroxylation sites is 1. The number of methoxy groups -OCH3 is 1. The molecule has 2 atom stereocenters. The lowest BCUT2D eigenvalue weighted by atomic mass is 10.1. The average Bonchev–Trinajstić information content (AvgIpc) is 2.78. The Kier molecular flexibility index (Phi) is 3.46. The van der Waals surface area contributed by atoms with Crippen LogP contribution in [0.3, 0.4) is 0 Å². The smallest absolute Gasteiger partial charge is 0.187 e. The molecule has 16 heavy (non-hydrogen) atoms. The summed E-state index contributed by atoms with van der Waals surface area (Å²) in [5, 5.41) is 0. The molecule has 0 radical (unpaired) electrons. The van der Waals surface area contributed by atoms with Gasteiger partial charge in [-0.25, -0.2) is 0 Å². The summed E-state index contributed by atoms with van der Waals surface area (Å²) in [6.45, 7) is 4.93. The SMILES string of the molecule is COc1ccccc1C1OCC(C(C)C)O1. The number of benzene rings is 1. The number of hydrogen-bond acceptors (Lipinski definition) is 3. The fraction of sp³-hybridized carbons (Fsp3) is 0.538. The Balaban J connectivity index is 2.14. The zero-order valence-electron chi connectivity index (χ0n) is 9.97. The molecule has 1 saturated heterocycles. The highest BCUT2D eigenvalue weighted by atomic mass is 16.7. The van der Waals surface area contributed by atoms with Crippen LogP contribution in [-0.2, 0) is 9.47 Å². The molecule has 2 rings (SSSR count). The summed E-state index contributed by atoms with van der Waals surface area (Å²) in [5.41, 5.74) is 0.966. The highest BCUT2D eigenvalue weighted by Gasteiger charge is 2.30. The molecule has 1 aromatic rings.